The van der Waals surface area contributed by atoms with Gasteiger partial charge in [-0.1, -0.05) is 24.3 Å². The van der Waals surface area contributed by atoms with Crippen LogP contribution >= 0.6 is 0 Å². The highest BCUT2D eigenvalue weighted by atomic mass is 19.1. The van der Waals surface area contributed by atoms with Crippen molar-refractivity contribution in [2.45, 2.75) is 19.8 Å². The molecule has 3 amide bonds. The standard InChI is InChI=1S/C33H35FN4O4/c1-22-7-4-5-9-26(22)32(40)35-25-11-12-27(30(21-25)42-3)33(41)38-14-6-8-23(28-20-24(34)10-13-29(28)38)19-31(39)37-17-15-36(2)16-18-37/h4-5,7-13,20-21H,6,14-19H2,1-3H3,(H,35,40). The number of aryl methyl sites for hydroxylation is 1. The number of ether oxygens (including phenoxy) is 1. The van der Waals surface area contributed by atoms with Gasteiger partial charge in [-0.25, -0.2) is 4.39 Å². The van der Waals surface area contributed by atoms with Crippen molar-refractivity contribution < 1.29 is 23.5 Å². The number of methoxy groups -OCH3 is 1. The van der Waals surface area contributed by atoms with E-state index in [2.05, 4.69) is 10.2 Å². The number of benzene rings is 3. The van der Waals surface area contributed by atoms with E-state index in [1.807, 2.05) is 37.1 Å². The molecule has 3 aromatic rings. The second-order valence-corrected chi connectivity index (χ2v) is 10.7. The molecule has 0 bridgehead atoms. The first kappa shape index (κ1) is 29.0. The predicted octanol–water partition coefficient (Wildman–Crippen LogP) is 4.99. The van der Waals surface area contributed by atoms with Gasteiger partial charge in [0.2, 0.25) is 5.91 Å². The monoisotopic (exact) mass is 570 g/mol. The fraction of sp³-hybridized carbons (Fsp3) is 0.303. The van der Waals surface area contributed by atoms with Gasteiger partial charge in [-0.15, -0.1) is 0 Å². The highest BCUT2D eigenvalue weighted by Crippen LogP contribution is 2.36. The molecule has 0 aromatic heterocycles. The van der Waals surface area contributed by atoms with E-state index in [-0.39, 0.29) is 24.1 Å². The van der Waals surface area contributed by atoms with Crippen LogP contribution in [-0.2, 0) is 4.79 Å². The lowest BCUT2D eigenvalue weighted by atomic mass is 9.99. The Hall–Kier alpha value is -4.50. The number of rotatable bonds is 6. The summed E-state index contributed by atoms with van der Waals surface area (Å²) in [4.78, 5) is 45.6. The molecule has 0 spiro atoms. The number of anilines is 2. The minimum Gasteiger partial charge on any atom is -0.496 e. The highest BCUT2D eigenvalue weighted by molar-refractivity contribution is 6.11. The Kier molecular flexibility index (Phi) is 8.68. The van der Waals surface area contributed by atoms with E-state index in [0.717, 1.165) is 18.7 Å². The number of piperazine rings is 1. The largest absolute Gasteiger partial charge is 0.496 e. The Morgan fingerprint density at radius 3 is 2.43 bits per heavy atom. The first-order valence-electron chi connectivity index (χ1n) is 14.1. The molecular weight excluding hydrogens is 535 g/mol. The van der Waals surface area contributed by atoms with Gasteiger partial charge in [0.25, 0.3) is 11.8 Å². The molecule has 0 saturated carbocycles. The third kappa shape index (κ3) is 6.21. The van der Waals surface area contributed by atoms with Crippen molar-refractivity contribution in [2.24, 2.45) is 0 Å². The molecule has 1 N–H and O–H groups in total. The van der Waals surface area contributed by atoms with Gasteiger partial charge in [0, 0.05) is 55.6 Å². The van der Waals surface area contributed by atoms with Gasteiger partial charge in [-0.3, -0.25) is 14.4 Å². The van der Waals surface area contributed by atoms with Crippen LogP contribution < -0.4 is 15.0 Å². The van der Waals surface area contributed by atoms with Crippen LogP contribution in [0.4, 0.5) is 15.8 Å². The molecule has 3 aromatic carbocycles. The van der Waals surface area contributed by atoms with Crippen LogP contribution in [0.2, 0.25) is 0 Å². The van der Waals surface area contributed by atoms with Gasteiger partial charge in [-0.05, 0) is 67.9 Å². The Morgan fingerprint density at radius 1 is 0.929 bits per heavy atom. The topological polar surface area (TPSA) is 82.2 Å². The molecule has 9 heteroatoms. The lowest BCUT2D eigenvalue weighted by Gasteiger charge is -2.32. The fourth-order valence-corrected chi connectivity index (χ4v) is 5.43. The number of amides is 3. The van der Waals surface area contributed by atoms with Crippen LogP contribution in [0.3, 0.4) is 0 Å². The number of halogens is 1. The summed E-state index contributed by atoms with van der Waals surface area (Å²) in [5.41, 5.74) is 3.98. The first-order valence-corrected chi connectivity index (χ1v) is 14.1. The maximum Gasteiger partial charge on any atom is 0.262 e. The maximum atomic E-state index is 14.5. The van der Waals surface area contributed by atoms with E-state index >= 15 is 0 Å². The Labute approximate surface area is 245 Å². The Bertz CT molecular complexity index is 1540. The number of carbonyl (C=O) groups excluding carboxylic acids is 3. The van der Waals surface area contributed by atoms with Gasteiger partial charge in [0.1, 0.15) is 11.6 Å². The molecule has 0 radical (unpaired) electrons. The van der Waals surface area contributed by atoms with Crippen molar-refractivity contribution in [3.8, 4) is 5.75 Å². The van der Waals surface area contributed by atoms with Crippen LogP contribution in [-0.4, -0.2) is 74.4 Å². The SMILES string of the molecule is COc1cc(NC(=O)c2ccccc2C)ccc1C(=O)N1CCC=C(CC(=O)N2CCN(C)CC2)c2cc(F)ccc21. The number of hydrogen-bond acceptors (Lipinski definition) is 5. The molecule has 0 atom stereocenters. The van der Waals surface area contributed by atoms with Crippen molar-refractivity contribution in [1.82, 2.24) is 9.80 Å². The van der Waals surface area contributed by atoms with Crippen LogP contribution in [0.25, 0.3) is 5.57 Å². The van der Waals surface area contributed by atoms with Gasteiger partial charge in [0.15, 0.2) is 0 Å². The smallest absolute Gasteiger partial charge is 0.262 e. The predicted molar refractivity (Wildman–Crippen MR) is 161 cm³/mol. The van der Waals surface area contributed by atoms with Crippen LogP contribution in [0, 0.1) is 12.7 Å². The van der Waals surface area contributed by atoms with Crippen molar-refractivity contribution in [2.75, 3.05) is 57.1 Å². The number of hydrogen-bond donors (Lipinski definition) is 1. The summed E-state index contributed by atoms with van der Waals surface area (Å²) >= 11 is 0. The van der Waals surface area contributed by atoms with Crippen LogP contribution in [0.1, 0.15) is 44.7 Å². The van der Waals surface area contributed by atoms with E-state index in [1.54, 1.807) is 41.3 Å². The molecule has 218 valence electrons. The van der Waals surface area contributed by atoms with E-state index in [0.29, 0.717) is 65.4 Å². The molecule has 0 unspecified atom stereocenters. The zero-order chi connectivity index (χ0) is 29.8. The molecular formula is C33H35FN4O4. The molecule has 8 nitrogen and oxygen atoms in total. The van der Waals surface area contributed by atoms with Gasteiger partial charge >= 0.3 is 0 Å². The van der Waals surface area contributed by atoms with Crippen molar-refractivity contribution in [3.63, 3.8) is 0 Å². The number of nitrogens with one attached hydrogen (secondary N) is 1. The third-order valence-electron chi connectivity index (χ3n) is 7.86. The molecule has 1 saturated heterocycles. The molecule has 1 fully saturated rings. The van der Waals surface area contributed by atoms with Crippen molar-refractivity contribution in [1.29, 1.82) is 0 Å². The highest BCUT2D eigenvalue weighted by Gasteiger charge is 2.28. The van der Waals surface area contributed by atoms with Crippen LogP contribution in [0.5, 0.6) is 5.75 Å². The van der Waals surface area contributed by atoms with Crippen LogP contribution in [0.15, 0.2) is 66.7 Å². The van der Waals surface area contributed by atoms with Gasteiger partial charge in [-0.2, -0.15) is 0 Å². The summed E-state index contributed by atoms with van der Waals surface area (Å²) < 4.78 is 20.1. The lowest BCUT2D eigenvalue weighted by molar-refractivity contribution is -0.131. The Balaban J connectivity index is 1.39. The molecule has 42 heavy (non-hydrogen) atoms. The first-order chi connectivity index (χ1) is 20.2. The van der Waals surface area contributed by atoms with E-state index in [4.69, 9.17) is 4.74 Å². The maximum absolute atomic E-state index is 14.5. The fourth-order valence-electron chi connectivity index (χ4n) is 5.43. The summed E-state index contributed by atoms with van der Waals surface area (Å²) in [5, 5.41) is 2.87. The van der Waals surface area contributed by atoms with Crippen molar-refractivity contribution >= 4 is 34.7 Å². The molecule has 2 aliphatic rings. The minimum absolute atomic E-state index is 0.00524. The minimum atomic E-state index is -0.438. The molecule has 2 aliphatic heterocycles. The summed E-state index contributed by atoms with van der Waals surface area (Å²) in [5.74, 6) is -0.727. The number of fused-ring (bicyclic) bond motifs is 1. The second-order valence-electron chi connectivity index (χ2n) is 10.7. The molecule has 2 heterocycles. The average molecular weight is 571 g/mol. The van der Waals surface area contributed by atoms with Gasteiger partial charge < -0.3 is 24.8 Å². The number of likely N-dealkylation sites (N-methyl/N-ethyl adjacent to an activating group) is 1. The summed E-state index contributed by atoms with van der Waals surface area (Å²) in [7, 11) is 3.50. The molecule has 5 rings (SSSR count). The zero-order valence-corrected chi connectivity index (χ0v) is 24.2. The zero-order valence-electron chi connectivity index (χ0n) is 24.2. The van der Waals surface area contributed by atoms with E-state index in [9.17, 15) is 18.8 Å². The quantitative estimate of drug-likeness (QED) is 0.452. The summed E-state index contributed by atoms with van der Waals surface area (Å²) in [6.07, 6.45) is 2.57. The molecule has 0 aliphatic carbocycles. The van der Waals surface area contributed by atoms with Crippen molar-refractivity contribution in [3.05, 3.63) is 94.8 Å². The van der Waals surface area contributed by atoms with E-state index < -0.39 is 5.82 Å². The normalized spacial score (nSPS) is 15.4. The number of carbonyl (C=O) groups is 3. The summed E-state index contributed by atoms with van der Waals surface area (Å²) in [6, 6.07) is 16.5. The average Bonchev–Trinajstić information content (AvgIpc) is 3.16. The van der Waals surface area contributed by atoms with E-state index in [1.165, 1.54) is 19.2 Å². The summed E-state index contributed by atoms with van der Waals surface area (Å²) in [6.45, 7) is 5.15. The Morgan fingerprint density at radius 2 is 1.69 bits per heavy atom. The third-order valence-corrected chi connectivity index (χ3v) is 7.86. The lowest BCUT2D eigenvalue weighted by Crippen LogP contribution is -2.47. The van der Waals surface area contributed by atoms with Gasteiger partial charge in [0.05, 0.1) is 24.8 Å². The number of nitrogens with zero attached hydrogens (tertiary/aromatic N) is 3. The second kappa shape index (κ2) is 12.6.